The van der Waals surface area contributed by atoms with Gasteiger partial charge in [-0.3, -0.25) is 10.1 Å². The number of carbonyl (C=O) groups excluding carboxylic acids is 4. The van der Waals surface area contributed by atoms with E-state index < -0.39 is 35.2 Å². The van der Waals surface area contributed by atoms with Crippen molar-refractivity contribution in [1.29, 1.82) is 0 Å². The predicted molar refractivity (Wildman–Crippen MR) is 175 cm³/mol. The first-order valence-corrected chi connectivity index (χ1v) is 15.2. The first-order chi connectivity index (χ1) is 23.7. The molecule has 0 radical (unpaired) electrons. The van der Waals surface area contributed by atoms with Crippen LogP contribution >= 0.6 is 0 Å². The Morgan fingerprint density at radius 1 is 0.796 bits per heavy atom. The zero-order valence-electron chi connectivity index (χ0n) is 26.0. The lowest BCUT2D eigenvalue weighted by atomic mass is 9.98. The number of alkyl carbamates (subject to hydrolysis) is 1. The molecule has 0 saturated carbocycles. The Hall–Kier alpha value is -6.44. The van der Waals surface area contributed by atoms with Crippen LogP contribution in [0.5, 0.6) is 11.5 Å². The van der Waals surface area contributed by atoms with E-state index in [0.29, 0.717) is 12.0 Å². The van der Waals surface area contributed by atoms with Crippen molar-refractivity contribution in [3.8, 4) is 22.6 Å². The summed E-state index contributed by atoms with van der Waals surface area (Å²) in [5.41, 5.74) is 9.77. The standard InChI is InChI=1S/C35H32N4O10/c36-33(41)37-19-5-10-31(38-34(42)46-21-30-28-8-3-1-6-26(28)27-7-2-4-9-29(27)30)32(40)48-24-15-11-22(12-16-24)20-47-35(43)49-25-17-13-23(14-18-25)39(44)45/h1-4,6-9,11-18,30-31H,5,10,19-21H2,(H,38,42)(H3,36,37,41)/t31-/m0/s1. The number of nitro benzene ring substituents is 1. The molecule has 0 heterocycles. The molecule has 49 heavy (non-hydrogen) atoms. The van der Waals surface area contributed by atoms with Gasteiger partial charge in [-0.2, -0.15) is 0 Å². The lowest BCUT2D eigenvalue weighted by molar-refractivity contribution is -0.384. The highest BCUT2D eigenvalue weighted by Gasteiger charge is 2.30. The van der Waals surface area contributed by atoms with E-state index in [4.69, 9.17) is 24.7 Å². The van der Waals surface area contributed by atoms with Crippen LogP contribution in [0.1, 0.15) is 35.4 Å². The maximum Gasteiger partial charge on any atom is 0.514 e. The van der Waals surface area contributed by atoms with Crippen LogP contribution in [0, 0.1) is 10.1 Å². The van der Waals surface area contributed by atoms with E-state index in [9.17, 15) is 29.3 Å². The maximum atomic E-state index is 13.2. The fraction of sp³-hybridized carbons (Fsp3) is 0.200. The number of rotatable bonds is 13. The Bertz CT molecular complexity index is 1780. The van der Waals surface area contributed by atoms with E-state index in [-0.39, 0.29) is 49.3 Å². The van der Waals surface area contributed by atoms with Gasteiger partial charge in [0.25, 0.3) is 5.69 Å². The average Bonchev–Trinajstić information content (AvgIpc) is 3.42. The van der Waals surface area contributed by atoms with E-state index in [1.165, 1.54) is 36.4 Å². The van der Waals surface area contributed by atoms with E-state index in [1.54, 1.807) is 12.1 Å². The molecule has 252 valence electrons. The van der Waals surface area contributed by atoms with Gasteiger partial charge >= 0.3 is 24.2 Å². The molecule has 0 unspecified atom stereocenters. The normalized spacial score (nSPS) is 12.1. The summed E-state index contributed by atoms with van der Waals surface area (Å²) >= 11 is 0. The lowest BCUT2D eigenvalue weighted by Gasteiger charge is -2.19. The molecule has 5 rings (SSSR count). The highest BCUT2D eigenvalue weighted by Crippen LogP contribution is 2.44. The van der Waals surface area contributed by atoms with Crippen LogP contribution in [0.25, 0.3) is 11.1 Å². The van der Waals surface area contributed by atoms with Crippen molar-refractivity contribution >= 4 is 29.9 Å². The van der Waals surface area contributed by atoms with Gasteiger partial charge in [0.05, 0.1) is 4.92 Å². The fourth-order valence-corrected chi connectivity index (χ4v) is 5.29. The molecule has 14 nitrogen and oxygen atoms in total. The number of urea groups is 1. The van der Waals surface area contributed by atoms with Crippen LogP contribution in [-0.2, 0) is 20.9 Å². The van der Waals surface area contributed by atoms with Crippen molar-refractivity contribution in [3.05, 3.63) is 124 Å². The number of non-ortho nitro benzene ring substituents is 1. The summed E-state index contributed by atoms with van der Waals surface area (Å²) in [6, 6.07) is 25.0. The van der Waals surface area contributed by atoms with Crippen LogP contribution in [0.3, 0.4) is 0 Å². The van der Waals surface area contributed by atoms with Gasteiger partial charge in [-0.1, -0.05) is 60.7 Å². The molecule has 0 bridgehead atoms. The molecule has 0 aliphatic heterocycles. The molecular weight excluding hydrogens is 636 g/mol. The minimum atomic E-state index is -1.11. The number of nitrogens with zero attached hydrogens (tertiary/aromatic N) is 1. The molecule has 1 aliphatic carbocycles. The molecule has 1 aliphatic rings. The number of hydrogen-bond acceptors (Lipinski definition) is 10. The molecule has 4 aromatic carbocycles. The van der Waals surface area contributed by atoms with Crippen molar-refractivity contribution in [2.45, 2.75) is 31.4 Å². The number of fused-ring (bicyclic) bond motifs is 3. The van der Waals surface area contributed by atoms with Crippen molar-refractivity contribution < 1.29 is 43.0 Å². The maximum absolute atomic E-state index is 13.2. The Morgan fingerprint density at radius 2 is 1.39 bits per heavy atom. The number of nitrogens with two attached hydrogens (primary N) is 1. The molecule has 0 spiro atoms. The molecule has 0 saturated heterocycles. The van der Waals surface area contributed by atoms with Crippen LogP contribution in [0.15, 0.2) is 97.1 Å². The van der Waals surface area contributed by atoms with Crippen LogP contribution < -0.4 is 25.8 Å². The van der Waals surface area contributed by atoms with Gasteiger partial charge in [0.2, 0.25) is 0 Å². The highest BCUT2D eigenvalue weighted by molar-refractivity contribution is 5.83. The summed E-state index contributed by atoms with van der Waals surface area (Å²) in [5.74, 6) is -0.695. The third-order valence-electron chi connectivity index (χ3n) is 7.64. The summed E-state index contributed by atoms with van der Waals surface area (Å²) < 4.78 is 21.2. The number of esters is 1. The minimum Gasteiger partial charge on any atom is -0.449 e. The Morgan fingerprint density at radius 3 is 2.00 bits per heavy atom. The molecule has 0 aromatic heterocycles. The number of amides is 3. The molecule has 14 heteroatoms. The van der Waals surface area contributed by atoms with Gasteiger partial charge in [-0.05, 0) is 64.9 Å². The van der Waals surface area contributed by atoms with E-state index in [1.807, 2.05) is 48.5 Å². The van der Waals surface area contributed by atoms with Gasteiger partial charge in [0.1, 0.15) is 30.8 Å². The second kappa shape index (κ2) is 15.9. The number of ether oxygens (including phenoxy) is 4. The summed E-state index contributed by atoms with van der Waals surface area (Å²) in [5, 5.41) is 15.8. The second-order valence-corrected chi connectivity index (χ2v) is 10.9. The fourth-order valence-electron chi connectivity index (χ4n) is 5.29. The SMILES string of the molecule is NC(=O)NCCC[C@H](NC(=O)OCC1c2ccccc2-c2ccccc21)C(=O)Oc1ccc(COC(=O)Oc2ccc([N+](=O)[O-])cc2)cc1. The number of primary amides is 1. The van der Waals surface area contributed by atoms with Gasteiger partial charge in [0.15, 0.2) is 0 Å². The third-order valence-corrected chi connectivity index (χ3v) is 7.64. The number of hydrogen-bond donors (Lipinski definition) is 3. The summed E-state index contributed by atoms with van der Waals surface area (Å²) in [4.78, 5) is 59.4. The zero-order valence-corrected chi connectivity index (χ0v) is 26.0. The molecular formula is C35H32N4O10. The molecule has 4 aromatic rings. The molecule has 1 atom stereocenters. The minimum absolute atomic E-state index is 0.0514. The smallest absolute Gasteiger partial charge is 0.449 e. The van der Waals surface area contributed by atoms with E-state index in [2.05, 4.69) is 10.6 Å². The van der Waals surface area contributed by atoms with Crippen LogP contribution in [0.4, 0.5) is 20.1 Å². The molecule has 4 N–H and O–H groups in total. The second-order valence-electron chi connectivity index (χ2n) is 10.9. The van der Waals surface area contributed by atoms with Gasteiger partial charge in [-0.25, -0.2) is 19.2 Å². The van der Waals surface area contributed by atoms with E-state index >= 15 is 0 Å². The number of carbonyl (C=O) groups is 4. The predicted octanol–water partition coefficient (Wildman–Crippen LogP) is 5.57. The number of nitro groups is 1. The van der Waals surface area contributed by atoms with Crippen LogP contribution in [-0.4, -0.2) is 48.4 Å². The van der Waals surface area contributed by atoms with Gasteiger partial charge in [0, 0.05) is 24.6 Å². The first-order valence-electron chi connectivity index (χ1n) is 15.2. The quantitative estimate of drug-likeness (QED) is 0.0404. The Kier molecular flexibility index (Phi) is 11.0. The summed E-state index contributed by atoms with van der Waals surface area (Å²) in [6.45, 7) is 0.0570. The molecule has 3 amide bonds. The largest absolute Gasteiger partial charge is 0.514 e. The van der Waals surface area contributed by atoms with Gasteiger partial charge in [-0.15, -0.1) is 0 Å². The average molecular weight is 669 g/mol. The summed E-state index contributed by atoms with van der Waals surface area (Å²) in [7, 11) is 0. The summed E-state index contributed by atoms with van der Waals surface area (Å²) in [6.07, 6.45) is -1.40. The number of benzene rings is 4. The first kappa shape index (κ1) is 33.9. The number of nitrogens with one attached hydrogen (secondary N) is 2. The van der Waals surface area contributed by atoms with Crippen LogP contribution in [0.2, 0.25) is 0 Å². The lowest BCUT2D eigenvalue weighted by Crippen LogP contribution is -2.44. The van der Waals surface area contributed by atoms with Crippen molar-refractivity contribution in [1.82, 2.24) is 10.6 Å². The van der Waals surface area contributed by atoms with Crippen molar-refractivity contribution in [3.63, 3.8) is 0 Å². The van der Waals surface area contributed by atoms with Gasteiger partial charge < -0.3 is 35.3 Å². The molecule has 0 fully saturated rings. The Labute approximate surface area is 280 Å². The topological polar surface area (TPSA) is 198 Å². The van der Waals surface area contributed by atoms with E-state index in [0.717, 1.165) is 22.3 Å². The highest BCUT2D eigenvalue weighted by atomic mass is 16.7. The Balaban J connectivity index is 1.14. The third kappa shape index (κ3) is 9.10. The van der Waals surface area contributed by atoms with Crippen molar-refractivity contribution in [2.24, 2.45) is 5.73 Å². The van der Waals surface area contributed by atoms with Crippen molar-refractivity contribution in [2.75, 3.05) is 13.2 Å². The monoisotopic (exact) mass is 668 g/mol. The zero-order chi connectivity index (χ0) is 34.8.